The summed E-state index contributed by atoms with van der Waals surface area (Å²) in [4.78, 5) is 24.5. The van der Waals surface area contributed by atoms with Crippen LogP contribution in [0.15, 0.2) is 36.4 Å². The average Bonchev–Trinajstić information content (AvgIpc) is 3.45. The van der Waals surface area contributed by atoms with Gasteiger partial charge < -0.3 is 20.7 Å². The van der Waals surface area contributed by atoms with E-state index >= 15 is 0 Å². The molecule has 2 aromatic rings. The predicted molar refractivity (Wildman–Crippen MR) is 107 cm³/mol. The van der Waals surface area contributed by atoms with Crippen LogP contribution in [0.2, 0.25) is 0 Å². The normalized spacial score (nSPS) is 13.0. The maximum absolute atomic E-state index is 12.3. The summed E-state index contributed by atoms with van der Waals surface area (Å²) in [7, 11) is 1.57. The lowest BCUT2D eigenvalue weighted by Crippen LogP contribution is -2.26. The predicted octanol–water partition coefficient (Wildman–Crippen LogP) is 3.25. The number of nitrogens with one attached hydrogen (secondary N) is 3. The summed E-state index contributed by atoms with van der Waals surface area (Å²) < 4.78 is 5.28. The van der Waals surface area contributed by atoms with Gasteiger partial charge in [0, 0.05) is 17.3 Å². The molecule has 0 heterocycles. The van der Waals surface area contributed by atoms with Gasteiger partial charge in [-0.3, -0.25) is 9.59 Å². The fourth-order valence-electron chi connectivity index (χ4n) is 2.74. The molecule has 6 nitrogen and oxygen atoms in total. The number of methoxy groups -OCH3 is 1. The van der Waals surface area contributed by atoms with Crippen LogP contribution >= 0.6 is 0 Å². The molecule has 0 saturated heterocycles. The van der Waals surface area contributed by atoms with Crippen LogP contribution in [-0.2, 0) is 4.79 Å². The zero-order valence-corrected chi connectivity index (χ0v) is 15.9. The van der Waals surface area contributed by atoms with E-state index in [9.17, 15) is 9.59 Å². The van der Waals surface area contributed by atoms with Crippen LogP contribution in [0.5, 0.6) is 5.75 Å². The number of anilines is 2. The first-order chi connectivity index (χ1) is 13.0. The first-order valence-corrected chi connectivity index (χ1v) is 9.06. The number of amides is 2. The SMILES string of the molecule is COc1ccc(C)cc1NC(=O)CNc1cc(C(=O)NC2CC2)ccc1C. The van der Waals surface area contributed by atoms with E-state index in [0.717, 1.165) is 29.7 Å². The van der Waals surface area contributed by atoms with Crippen molar-refractivity contribution < 1.29 is 14.3 Å². The molecule has 142 valence electrons. The Labute approximate surface area is 159 Å². The molecule has 2 aromatic carbocycles. The Hall–Kier alpha value is -3.02. The van der Waals surface area contributed by atoms with E-state index in [-0.39, 0.29) is 18.4 Å². The molecule has 3 N–H and O–H groups in total. The van der Waals surface area contributed by atoms with Gasteiger partial charge in [0.25, 0.3) is 5.91 Å². The standard InChI is InChI=1S/C21H25N3O3/c1-13-4-9-19(27-3)18(10-13)24-20(25)12-22-17-11-15(6-5-14(17)2)21(26)23-16-7-8-16/h4-6,9-11,16,22H,7-8,12H2,1-3H3,(H,23,26)(H,24,25). The van der Waals surface area contributed by atoms with E-state index in [1.807, 2.05) is 38.1 Å². The second-order valence-corrected chi connectivity index (χ2v) is 6.88. The van der Waals surface area contributed by atoms with Gasteiger partial charge in [0.15, 0.2) is 0 Å². The van der Waals surface area contributed by atoms with Crippen molar-refractivity contribution in [3.8, 4) is 5.75 Å². The van der Waals surface area contributed by atoms with Gasteiger partial charge >= 0.3 is 0 Å². The van der Waals surface area contributed by atoms with Crippen molar-refractivity contribution in [1.82, 2.24) is 5.32 Å². The number of ether oxygens (including phenoxy) is 1. The number of carbonyl (C=O) groups excluding carboxylic acids is 2. The second kappa shape index (κ2) is 8.12. The number of benzene rings is 2. The Bertz CT molecular complexity index is 860. The first kappa shape index (κ1) is 18.8. The molecule has 1 saturated carbocycles. The minimum atomic E-state index is -0.189. The number of hydrogen-bond acceptors (Lipinski definition) is 4. The summed E-state index contributed by atoms with van der Waals surface area (Å²) in [5.74, 6) is 0.351. The molecule has 0 bridgehead atoms. The number of aryl methyl sites for hydroxylation is 2. The van der Waals surface area contributed by atoms with Gasteiger partial charge in [0.05, 0.1) is 19.3 Å². The highest BCUT2D eigenvalue weighted by Gasteiger charge is 2.24. The van der Waals surface area contributed by atoms with Crippen LogP contribution in [0.3, 0.4) is 0 Å². The summed E-state index contributed by atoms with van der Waals surface area (Å²) in [6, 6.07) is 11.4. The van der Waals surface area contributed by atoms with Crippen molar-refractivity contribution >= 4 is 23.2 Å². The highest BCUT2D eigenvalue weighted by molar-refractivity contribution is 5.97. The molecular formula is C21H25N3O3. The summed E-state index contributed by atoms with van der Waals surface area (Å²) in [6.07, 6.45) is 2.09. The third kappa shape index (κ3) is 5.00. The lowest BCUT2D eigenvalue weighted by Gasteiger charge is -2.14. The van der Waals surface area contributed by atoms with Gasteiger partial charge in [-0.25, -0.2) is 0 Å². The Balaban J connectivity index is 1.63. The van der Waals surface area contributed by atoms with Gasteiger partial charge in [-0.05, 0) is 62.1 Å². The third-order valence-corrected chi connectivity index (χ3v) is 4.48. The minimum absolute atomic E-state index is 0.0745. The molecular weight excluding hydrogens is 342 g/mol. The molecule has 1 aliphatic rings. The van der Waals surface area contributed by atoms with Crippen molar-refractivity contribution in [2.24, 2.45) is 0 Å². The molecule has 3 rings (SSSR count). The van der Waals surface area contributed by atoms with Gasteiger partial charge in [-0.1, -0.05) is 12.1 Å². The molecule has 0 spiro atoms. The summed E-state index contributed by atoms with van der Waals surface area (Å²) in [6.45, 7) is 3.98. The number of carbonyl (C=O) groups is 2. The van der Waals surface area contributed by atoms with E-state index in [4.69, 9.17) is 4.74 Å². The fraction of sp³-hybridized carbons (Fsp3) is 0.333. The quantitative estimate of drug-likeness (QED) is 0.702. The third-order valence-electron chi connectivity index (χ3n) is 4.48. The maximum atomic E-state index is 12.3. The Kier molecular flexibility index (Phi) is 5.64. The first-order valence-electron chi connectivity index (χ1n) is 9.06. The molecule has 0 aliphatic heterocycles. The van der Waals surface area contributed by atoms with Gasteiger partial charge in [0.1, 0.15) is 5.75 Å². The number of hydrogen-bond donors (Lipinski definition) is 3. The van der Waals surface area contributed by atoms with Crippen LogP contribution in [0, 0.1) is 13.8 Å². The smallest absolute Gasteiger partial charge is 0.251 e. The van der Waals surface area contributed by atoms with Crippen LogP contribution in [0.25, 0.3) is 0 Å². The second-order valence-electron chi connectivity index (χ2n) is 6.88. The van der Waals surface area contributed by atoms with Crippen molar-refractivity contribution in [3.63, 3.8) is 0 Å². The Morgan fingerprint density at radius 1 is 1.07 bits per heavy atom. The van der Waals surface area contributed by atoms with Crippen LogP contribution < -0.4 is 20.7 Å². The number of rotatable bonds is 7. The minimum Gasteiger partial charge on any atom is -0.495 e. The van der Waals surface area contributed by atoms with Crippen LogP contribution in [0.4, 0.5) is 11.4 Å². The van der Waals surface area contributed by atoms with E-state index in [1.165, 1.54) is 0 Å². The van der Waals surface area contributed by atoms with Crippen molar-refractivity contribution in [3.05, 3.63) is 53.1 Å². The summed E-state index contributed by atoms with van der Waals surface area (Å²) in [5, 5.41) is 8.95. The molecule has 0 aromatic heterocycles. The highest BCUT2D eigenvalue weighted by atomic mass is 16.5. The Morgan fingerprint density at radius 2 is 1.85 bits per heavy atom. The molecule has 6 heteroatoms. The van der Waals surface area contributed by atoms with E-state index in [0.29, 0.717) is 23.0 Å². The monoisotopic (exact) mass is 367 g/mol. The summed E-state index contributed by atoms with van der Waals surface area (Å²) >= 11 is 0. The maximum Gasteiger partial charge on any atom is 0.251 e. The lowest BCUT2D eigenvalue weighted by molar-refractivity contribution is -0.114. The molecule has 0 unspecified atom stereocenters. The van der Waals surface area contributed by atoms with Crippen LogP contribution in [0.1, 0.15) is 34.3 Å². The van der Waals surface area contributed by atoms with Crippen molar-refractivity contribution in [1.29, 1.82) is 0 Å². The molecule has 0 atom stereocenters. The molecule has 2 amide bonds. The average molecular weight is 367 g/mol. The molecule has 1 aliphatic carbocycles. The zero-order valence-electron chi connectivity index (χ0n) is 15.9. The van der Waals surface area contributed by atoms with E-state index < -0.39 is 0 Å². The lowest BCUT2D eigenvalue weighted by atomic mass is 10.1. The molecule has 0 radical (unpaired) electrons. The summed E-state index contributed by atoms with van der Waals surface area (Å²) in [5.41, 5.74) is 4.00. The van der Waals surface area contributed by atoms with Crippen LogP contribution in [-0.4, -0.2) is 31.5 Å². The topological polar surface area (TPSA) is 79.5 Å². The van der Waals surface area contributed by atoms with Gasteiger partial charge in [-0.15, -0.1) is 0 Å². The van der Waals surface area contributed by atoms with Gasteiger partial charge in [-0.2, -0.15) is 0 Å². The fourth-order valence-corrected chi connectivity index (χ4v) is 2.74. The van der Waals surface area contributed by atoms with E-state index in [2.05, 4.69) is 16.0 Å². The largest absolute Gasteiger partial charge is 0.495 e. The van der Waals surface area contributed by atoms with Crippen molar-refractivity contribution in [2.75, 3.05) is 24.3 Å². The molecule has 1 fully saturated rings. The highest BCUT2D eigenvalue weighted by Crippen LogP contribution is 2.25. The van der Waals surface area contributed by atoms with Crippen molar-refractivity contribution in [2.45, 2.75) is 32.7 Å². The van der Waals surface area contributed by atoms with Gasteiger partial charge in [0.2, 0.25) is 5.91 Å². The zero-order chi connectivity index (χ0) is 19.4. The molecule has 27 heavy (non-hydrogen) atoms. The van der Waals surface area contributed by atoms with E-state index in [1.54, 1.807) is 19.2 Å². The Morgan fingerprint density at radius 3 is 2.56 bits per heavy atom.